The molecule has 15 aromatic carbocycles. The number of nitrogens with zero attached hydrogens (tertiary/aromatic N) is 3. The number of benzene rings is 15. The second-order valence-electron chi connectivity index (χ2n) is 20.2. The second kappa shape index (κ2) is 18.8. The first kappa shape index (κ1) is 45.6. The van der Waals surface area contributed by atoms with E-state index >= 15 is 0 Å². The molecule has 0 saturated heterocycles. The van der Waals surface area contributed by atoms with Crippen molar-refractivity contribution in [2.45, 2.75) is 0 Å². The Morgan fingerprint density at radius 1 is 0.205 bits per heavy atom. The molecule has 15 aromatic rings. The summed E-state index contributed by atoms with van der Waals surface area (Å²) in [5.74, 6) is 0. The van der Waals surface area contributed by atoms with Gasteiger partial charge in [-0.25, -0.2) is 0 Å². The molecule has 0 amide bonds. The molecule has 78 heavy (non-hydrogen) atoms. The van der Waals surface area contributed by atoms with Gasteiger partial charge in [-0.3, -0.25) is 0 Å². The van der Waals surface area contributed by atoms with E-state index in [4.69, 9.17) is 0 Å². The van der Waals surface area contributed by atoms with E-state index in [9.17, 15) is 0 Å². The third-order valence-electron chi connectivity index (χ3n) is 15.7. The predicted octanol–water partition coefficient (Wildman–Crippen LogP) is 22.0. The minimum absolute atomic E-state index is 0.933. The van der Waals surface area contributed by atoms with Gasteiger partial charge in [-0.05, 0) is 165 Å². The molecule has 0 aromatic heterocycles. The molecule has 0 bridgehead atoms. The van der Waals surface area contributed by atoms with Gasteiger partial charge in [0.2, 0.25) is 0 Å². The second-order valence-corrected chi connectivity index (χ2v) is 21.0. The Morgan fingerprint density at radius 3 is 0.897 bits per heavy atom. The summed E-state index contributed by atoms with van der Waals surface area (Å²) in [6, 6.07) is 107. The quantitative estimate of drug-likeness (QED) is 0.120. The Hall–Kier alpha value is -9.74. The van der Waals surface area contributed by atoms with Crippen LogP contribution >= 0.6 is 15.9 Å². The normalized spacial score (nSPS) is 11.7. The summed E-state index contributed by atoms with van der Waals surface area (Å²) in [5.41, 5.74) is 13.9. The average Bonchev–Trinajstić information content (AvgIpc) is 3.54. The Balaban J connectivity index is 1.06. The molecule has 366 valence electrons. The lowest BCUT2D eigenvalue weighted by molar-refractivity contribution is 1.22. The smallest absolute Gasteiger partial charge is 0.0658 e. The van der Waals surface area contributed by atoms with Crippen LogP contribution in [0.5, 0.6) is 0 Å². The lowest BCUT2D eigenvalue weighted by atomic mass is 9.92. The molecule has 0 N–H and O–H groups in total. The van der Waals surface area contributed by atoms with Crippen molar-refractivity contribution in [2.75, 3.05) is 14.7 Å². The third kappa shape index (κ3) is 7.63. The van der Waals surface area contributed by atoms with Gasteiger partial charge >= 0.3 is 0 Å². The van der Waals surface area contributed by atoms with Crippen LogP contribution in [0.2, 0.25) is 0 Å². The van der Waals surface area contributed by atoms with Crippen molar-refractivity contribution in [3.8, 4) is 22.3 Å². The van der Waals surface area contributed by atoms with Crippen LogP contribution in [0.15, 0.2) is 296 Å². The van der Waals surface area contributed by atoms with E-state index in [0.717, 1.165) is 66.8 Å². The molecule has 15 rings (SSSR count). The van der Waals surface area contributed by atoms with Gasteiger partial charge in [0.05, 0.1) is 32.9 Å². The van der Waals surface area contributed by atoms with Crippen molar-refractivity contribution in [1.29, 1.82) is 0 Å². The SMILES string of the molecule is Brc1c(N(c2ccc(-c3ccccc3)cc2)c2ccc3ccc4cccc5ccc2c3c45)cc(N(c2ccccc2)c2ccccc2)cc1N(c1ccc(-c2ccccc2)cc1)c1ccc2ccc3cccc4ccc1c2c34. The van der Waals surface area contributed by atoms with Crippen LogP contribution in [0.25, 0.3) is 86.9 Å². The van der Waals surface area contributed by atoms with Gasteiger partial charge in [0, 0.05) is 33.5 Å². The lowest BCUT2D eigenvalue weighted by Crippen LogP contribution is -2.18. The fraction of sp³-hybridized carbons (Fsp3) is 0. The molecule has 0 aliphatic carbocycles. The largest absolute Gasteiger partial charge is 0.310 e. The monoisotopic (exact) mass is 1060 g/mol. The fourth-order valence-corrected chi connectivity index (χ4v) is 12.7. The van der Waals surface area contributed by atoms with Crippen LogP contribution in [0.3, 0.4) is 0 Å². The standard InChI is InChI=1S/C74H48BrN3/c75-74-68(77(61-39-31-51(32-40-61)49-15-5-1-6-16-49)66-45-37-57-29-27-53-19-13-21-55-35-43-64(66)72(57)70(53)55)47-63(76(59-23-9-3-10-24-59)60-25-11-4-12-26-60)48-69(74)78(62-41-33-52(34-42-62)50-17-7-2-8-18-50)67-46-38-58-30-28-54-20-14-22-56-36-44-65(67)73(58)71(54)56/h1-48H. The molecule has 0 aliphatic heterocycles. The van der Waals surface area contributed by atoms with Gasteiger partial charge in [0.15, 0.2) is 0 Å². The molecule has 0 fully saturated rings. The highest BCUT2D eigenvalue weighted by molar-refractivity contribution is 9.10. The average molecular weight is 1060 g/mol. The van der Waals surface area contributed by atoms with Gasteiger partial charge < -0.3 is 14.7 Å². The van der Waals surface area contributed by atoms with Crippen LogP contribution in [0.1, 0.15) is 0 Å². The maximum atomic E-state index is 4.53. The highest BCUT2D eigenvalue weighted by atomic mass is 79.9. The molecule has 0 unspecified atom stereocenters. The lowest BCUT2D eigenvalue weighted by Gasteiger charge is -2.35. The highest BCUT2D eigenvalue weighted by Gasteiger charge is 2.29. The number of anilines is 9. The number of rotatable bonds is 11. The van der Waals surface area contributed by atoms with Gasteiger partial charge in [-0.1, -0.05) is 218 Å². The number of hydrogen-bond acceptors (Lipinski definition) is 3. The first-order chi connectivity index (χ1) is 38.6. The zero-order valence-corrected chi connectivity index (χ0v) is 44.0. The van der Waals surface area contributed by atoms with E-state index in [2.05, 4.69) is 322 Å². The molecule has 3 nitrogen and oxygen atoms in total. The van der Waals surface area contributed by atoms with E-state index in [0.29, 0.717) is 0 Å². The number of para-hydroxylation sites is 2. The van der Waals surface area contributed by atoms with Crippen LogP contribution < -0.4 is 14.7 Å². The molecule has 0 heterocycles. The summed E-state index contributed by atoms with van der Waals surface area (Å²) in [6.45, 7) is 0. The Bertz CT molecular complexity index is 4330. The van der Waals surface area contributed by atoms with Crippen LogP contribution in [0, 0.1) is 0 Å². The topological polar surface area (TPSA) is 9.72 Å². The van der Waals surface area contributed by atoms with Crippen molar-refractivity contribution in [3.05, 3.63) is 296 Å². The molecular weight excluding hydrogens is 1010 g/mol. The van der Waals surface area contributed by atoms with Crippen LogP contribution in [-0.4, -0.2) is 0 Å². The molecule has 0 radical (unpaired) electrons. The summed E-state index contributed by atoms with van der Waals surface area (Å²) in [4.78, 5) is 7.35. The van der Waals surface area contributed by atoms with E-state index < -0.39 is 0 Å². The number of hydrogen-bond donors (Lipinski definition) is 0. The fourth-order valence-electron chi connectivity index (χ4n) is 12.1. The van der Waals surface area contributed by atoms with Crippen LogP contribution in [0.4, 0.5) is 51.2 Å². The van der Waals surface area contributed by atoms with E-state index in [1.807, 2.05) is 0 Å². The van der Waals surface area contributed by atoms with Gasteiger partial charge in [0.25, 0.3) is 0 Å². The van der Waals surface area contributed by atoms with Crippen molar-refractivity contribution < 1.29 is 0 Å². The first-order valence-corrected chi connectivity index (χ1v) is 27.4. The van der Waals surface area contributed by atoms with Crippen molar-refractivity contribution in [2.24, 2.45) is 0 Å². The maximum Gasteiger partial charge on any atom is 0.0658 e. The Morgan fingerprint density at radius 2 is 0.513 bits per heavy atom. The van der Waals surface area contributed by atoms with E-state index in [1.54, 1.807) is 0 Å². The summed E-state index contributed by atoms with van der Waals surface area (Å²) in [6.07, 6.45) is 0. The molecule has 0 atom stereocenters. The number of halogens is 1. The Kier molecular flexibility index (Phi) is 11.0. The van der Waals surface area contributed by atoms with Gasteiger partial charge in [0.1, 0.15) is 0 Å². The summed E-state index contributed by atoms with van der Waals surface area (Å²) in [7, 11) is 0. The molecular formula is C74H48BrN3. The molecule has 0 saturated carbocycles. The highest BCUT2D eigenvalue weighted by Crippen LogP contribution is 2.54. The van der Waals surface area contributed by atoms with Gasteiger partial charge in [-0.2, -0.15) is 0 Å². The minimum atomic E-state index is 0.933. The van der Waals surface area contributed by atoms with Gasteiger partial charge in [-0.15, -0.1) is 0 Å². The van der Waals surface area contributed by atoms with E-state index in [-0.39, 0.29) is 0 Å². The minimum Gasteiger partial charge on any atom is -0.310 e. The van der Waals surface area contributed by atoms with Crippen molar-refractivity contribution in [3.63, 3.8) is 0 Å². The third-order valence-corrected chi connectivity index (χ3v) is 16.6. The van der Waals surface area contributed by atoms with Crippen molar-refractivity contribution in [1.82, 2.24) is 0 Å². The first-order valence-electron chi connectivity index (χ1n) is 26.6. The molecule has 0 spiro atoms. The van der Waals surface area contributed by atoms with Crippen LogP contribution in [-0.2, 0) is 0 Å². The summed E-state index contributed by atoms with van der Waals surface area (Å²) >= 11 is 4.53. The maximum absolute atomic E-state index is 4.53. The molecule has 0 aliphatic rings. The Labute approximate surface area is 461 Å². The summed E-state index contributed by atoms with van der Waals surface area (Å²) < 4.78 is 0.933. The zero-order chi connectivity index (χ0) is 51.7. The van der Waals surface area contributed by atoms with Crippen molar-refractivity contribution >= 4 is 132 Å². The zero-order valence-electron chi connectivity index (χ0n) is 42.4. The molecule has 4 heteroatoms. The predicted molar refractivity (Wildman–Crippen MR) is 336 cm³/mol. The summed E-state index contributed by atoms with van der Waals surface area (Å²) in [5, 5.41) is 14.8. The van der Waals surface area contributed by atoms with E-state index in [1.165, 1.54) is 75.8 Å².